The average Bonchev–Trinajstić information content (AvgIpc) is 1.99. The largest absolute Gasteiger partial charge is 0.329 e. The molecule has 12 heavy (non-hydrogen) atoms. The van der Waals surface area contributed by atoms with Crippen LogP contribution >= 0.6 is 0 Å². The SMILES string of the molecule is C=C(C)C(F)(F)N(CN)CCN. The number of nitrogens with zero attached hydrogens (tertiary/aromatic N) is 1. The van der Waals surface area contributed by atoms with Crippen molar-refractivity contribution in [3.05, 3.63) is 12.2 Å². The number of hydrogen-bond donors (Lipinski definition) is 2. The summed E-state index contributed by atoms with van der Waals surface area (Å²) in [6, 6.07) is -3.05. The Balaban J connectivity index is 4.36. The highest BCUT2D eigenvalue weighted by molar-refractivity contribution is 5.02. The second kappa shape index (κ2) is 4.49. The predicted octanol–water partition coefficient (Wildman–Crippen LogP) is 0.332. The van der Waals surface area contributed by atoms with Crippen LogP contribution < -0.4 is 11.5 Å². The van der Waals surface area contributed by atoms with Crippen LogP contribution in [0.1, 0.15) is 6.92 Å². The van der Waals surface area contributed by atoms with E-state index in [1.165, 1.54) is 6.92 Å². The molecule has 0 aliphatic heterocycles. The van der Waals surface area contributed by atoms with Crippen molar-refractivity contribution in [2.24, 2.45) is 11.5 Å². The second-order valence-corrected chi connectivity index (χ2v) is 2.56. The van der Waals surface area contributed by atoms with Gasteiger partial charge in [0.05, 0.1) is 6.67 Å². The molecular weight excluding hydrogens is 164 g/mol. The number of alkyl halides is 2. The van der Waals surface area contributed by atoms with Gasteiger partial charge in [0.1, 0.15) is 0 Å². The third kappa shape index (κ3) is 2.51. The maximum atomic E-state index is 13.1. The second-order valence-electron chi connectivity index (χ2n) is 2.56. The maximum absolute atomic E-state index is 13.1. The monoisotopic (exact) mass is 179 g/mol. The normalized spacial score (nSPS) is 12.2. The molecule has 0 rings (SSSR count). The highest BCUT2D eigenvalue weighted by atomic mass is 19.3. The van der Waals surface area contributed by atoms with E-state index in [9.17, 15) is 8.78 Å². The van der Waals surface area contributed by atoms with Crippen LogP contribution in [-0.2, 0) is 0 Å². The Morgan fingerprint density at radius 3 is 2.25 bits per heavy atom. The molecule has 0 aromatic heterocycles. The number of halogens is 2. The Morgan fingerprint density at radius 2 is 2.00 bits per heavy atom. The van der Waals surface area contributed by atoms with Gasteiger partial charge in [-0.2, -0.15) is 8.78 Å². The van der Waals surface area contributed by atoms with Gasteiger partial charge in [0.25, 0.3) is 0 Å². The minimum Gasteiger partial charge on any atom is -0.329 e. The van der Waals surface area contributed by atoms with Crippen molar-refractivity contribution in [2.75, 3.05) is 19.8 Å². The fourth-order valence-electron chi connectivity index (χ4n) is 0.772. The molecule has 0 fully saturated rings. The molecule has 5 heteroatoms. The van der Waals surface area contributed by atoms with Gasteiger partial charge in [0.2, 0.25) is 0 Å². The van der Waals surface area contributed by atoms with Crippen molar-refractivity contribution in [3.8, 4) is 0 Å². The first-order valence-electron chi connectivity index (χ1n) is 3.65. The van der Waals surface area contributed by atoms with Crippen molar-refractivity contribution in [1.29, 1.82) is 0 Å². The highest BCUT2D eigenvalue weighted by Gasteiger charge is 2.36. The molecule has 0 aromatic rings. The van der Waals surface area contributed by atoms with Crippen LogP contribution in [0.3, 0.4) is 0 Å². The first kappa shape index (κ1) is 11.5. The van der Waals surface area contributed by atoms with Gasteiger partial charge in [-0.05, 0) is 6.92 Å². The van der Waals surface area contributed by atoms with Crippen LogP contribution in [0.4, 0.5) is 8.78 Å². The summed E-state index contributed by atoms with van der Waals surface area (Å²) >= 11 is 0. The molecule has 0 unspecified atom stereocenters. The summed E-state index contributed by atoms with van der Waals surface area (Å²) in [5, 5.41) is 0. The lowest BCUT2D eigenvalue weighted by Crippen LogP contribution is -2.47. The van der Waals surface area contributed by atoms with Gasteiger partial charge in [-0.3, -0.25) is 0 Å². The van der Waals surface area contributed by atoms with Crippen molar-refractivity contribution >= 4 is 0 Å². The number of nitrogens with two attached hydrogens (primary N) is 2. The molecule has 0 aromatic carbocycles. The quantitative estimate of drug-likeness (QED) is 0.363. The molecule has 0 aliphatic rings. The molecule has 0 saturated heterocycles. The van der Waals surface area contributed by atoms with Gasteiger partial charge < -0.3 is 11.5 Å². The Labute approximate surface area is 71.0 Å². The van der Waals surface area contributed by atoms with Crippen molar-refractivity contribution < 1.29 is 8.78 Å². The van der Waals surface area contributed by atoms with E-state index in [1.807, 2.05) is 0 Å². The molecular formula is C7H15F2N3. The zero-order valence-electron chi connectivity index (χ0n) is 7.19. The number of rotatable bonds is 5. The first-order chi connectivity index (χ1) is 5.46. The lowest BCUT2D eigenvalue weighted by molar-refractivity contribution is -0.111. The van der Waals surface area contributed by atoms with Crippen LogP contribution in [-0.4, -0.2) is 30.7 Å². The third-order valence-corrected chi connectivity index (χ3v) is 1.53. The highest BCUT2D eigenvalue weighted by Crippen LogP contribution is 2.25. The van der Waals surface area contributed by atoms with Gasteiger partial charge in [-0.15, -0.1) is 0 Å². The van der Waals surface area contributed by atoms with Gasteiger partial charge >= 0.3 is 6.05 Å². The molecule has 0 aliphatic carbocycles. The van der Waals surface area contributed by atoms with Gasteiger partial charge in [-0.25, -0.2) is 4.90 Å². The fourth-order valence-corrected chi connectivity index (χ4v) is 0.772. The summed E-state index contributed by atoms with van der Waals surface area (Å²) in [4.78, 5) is 0.787. The molecule has 0 saturated carbocycles. The van der Waals surface area contributed by atoms with Gasteiger partial charge in [0.15, 0.2) is 0 Å². The zero-order chi connectivity index (χ0) is 9.78. The molecule has 0 bridgehead atoms. The van der Waals surface area contributed by atoms with E-state index in [0.717, 1.165) is 4.90 Å². The molecule has 72 valence electrons. The van der Waals surface area contributed by atoms with E-state index >= 15 is 0 Å². The van der Waals surface area contributed by atoms with E-state index in [1.54, 1.807) is 0 Å². The molecule has 4 N–H and O–H groups in total. The third-order valence-electron chi connectivity index (χ3n) is 1.53. The lowest BCUT2D eigenvalue weighted by atomic mass is 10.2. The minimum absolute atomic E-state index is 0.0658. The molecule has 0 atom stereocenters. The smallest absolute Gasteiger partial charge is 0.328 e. The van der Waals surface area contributed by atoms with Gasteiger partial charge in [0, 0.05) is 18.7 Å². The Morgan fingerprint density at radius 1 is 1.50 bits per heavy atom. The summed E-state index contributed by atoms with van der Waals surface area (Å²) in [5.74, 6) is 0. The van der Waals surface area contributed by atoms with Crippen molar-refractivity contribution in [2.45, 2.75) is 13.0 Å². The molecule has 0 amide bonds. The van der Waals surface area contributed by atoms with Crippen LogP contribution in [0.25, 0.3) is 0 Å². The Bertz CT molecular complexity index is 159. The number of hydrogen-bond acceptors (Lipinski definition) is 3. The molecule has 3 nitrogen and oxygen atoms in total. The van der Waals surface area contributed by atoms with E-state index in [0.29, 0.717) is 0 Å². The average molecular weight is 179 g/mol. The van der Waals surface area contributed by atoms with Crippen LogP contribution in [0, 0.1) is 0 Å². The van der Waals surface area contributed by atoms with E-state index in [-0.39, 0.29) is 25.3 Å². The fraction of sp³-hybridized carbons (Fsp3) is 0.714. The Hall–Kier alpha value is -0.520. The topological polar surface area (TPSA) is 55.3 Å². The van der Waals surface area contributed by atoms with E-state index < -0.39 is 6.05 Å². The van der Waals surface area contributed by atoms with Crippen LogP contribution in [0.5, 0.6) is 0 Å². The molecule has 0 spiro atoms. The summed E-state index contributed by atoms with van der Waals surface area (Å²) in [7, 11) is 0. The predicted molar refractivity (Wildman–Crippen MR) is 44.6 cm³/mol. The summed E-state index contributed by atoms with van der Waals surface area (Å²) < 4.78 is 26.2. The maximum Gasteiger partial charge on any atom is 0.328 e. The summed E-state index contributed by atoms with van der Waals surface area (Å²) in [5.41, 5.74) is 10.1. The van der Waals surface area contributed by atoms with E-state index in [2.05, 4.69) is 6.58 Å². The standard InChI is InChI=1S/C7H15F2N3/c1-6(2)7(8,9)12(5-11)4-3-10/h1,3-5,10-11H2,2H3. The summed E-state index contributed by atoms with van der Waals surface area (Å²) in [6.45, 7) is 4.45. The Kier molecular flexibility index (Phi) is 4.30. The first-order valence-corrected chi connectivity index (χ1v) is 3.65. The van der Waals surface area contributed by atoms with Crippen molar-refractivity contribution in [3.63, 3.8) is 0 Å². The summed E-state index contributed by atoms with van der Waals surface area (Å²) in [6.07, 6.45) is 0. The molecule has 0 radical (unpaired) electrons. The van der Waals surface area contributed by atoms with Crippen molar-refractivity contribution in [1.82, 2.24) is 4.90 Å². The lowest BCUT2D eigenvalue weighted by Gasteiger charge is -2.29. The minimum atomic E-state index is -3.05. The van der Waals surface area contributed by atoms with Crippen LogP contribution in [0.2, 0.25) is 0 Å². The zero-order valence-corrected chi connectivity index (χ0v) is 7.19. The van der Waals surface area contributed by atoms with E-state index in [4.69, 9.17) is 11.5 Å². The van der Waals surface area contributed by atoms with Gasteiger partial charge in [-0.1, -0.05) is 6.58 Å². The van der Waals surface area contributed by atoms with Crippen LogP contribution in [0.15, 0.2) is 12.2 Å². The molecule has 0 heterocycles.